The van der Waals surface area contributed by atoms with Gasteiger partial charge in [0.15, 0.2) is 0 Å². The van der Waals surface area contributed by atoms with Crippen LogP contribution in [0, 0.1) is 0 Å². The zero-order valence-corrected chi connectivity index (χ0v) is 11.6. The van der Waals surface area contributed by atoms with Crippen LogP contribution >= 0.6 is 0 Å². The summed E-state index contributed by atoms with van der Waals surface area (Å²) in [5, 5.41) is 9.17. The Balaban J connectivity index is 2.08. The highest BCUT2D eigenvalue weighted by atomic mass is 16.4. The lowest BCUT2D eigenvalue weighted by Crippen LogP contribution is -2.52. The minimum Gasteiger partial charge on any atom is -0.478 e. The van der Waals surface area contributed by atoms with E-state index in [-0.39, 0.29) is 11.6 Å². The van der Waals surface area contributed by atoms with Gasteiger partial charge in [-0.1, -0.05) is 0 Å². The van der Waals surface area contributed by atoms with Crippen LogP contribution in [0.15, 0.2) is 18.3 Å². The molecule has 1 N–H and O–H groups in total. The molecule has 7 nitrogen and oxygen atoms in total. The van der Waals surface area contributed by atoms with Crippen molar-refractivity contribution in [1.29, 1.82) is 0 Å². The van der Waals surface area contributed by atoms with Gasteiger partial charge < -0.3 is 19.8 Å². The van der Waals surface area contributed by atoms with Gasteiger partial charge in [-0.25, -0.2) is 14.6 Å². The molecular formula is C13H18N4O3. The van der Waals surface area contributed by atoms with Gasteiger partial charge in [-0.05, 0) is 12.1 Å². The average Bonchev–Trinajstić information content (AvgIpc) is 2.46. The Kier molecular flexibility index (Phi) is 4.07. The van der Waals surface area contributed by atoms with Crippen molar-refractivity contribution in [2.24, 2.45) is 0 Å². The van der Waals surface area contributed by atoms with Crippen molar-refractivity contribution in [2.45, 2.75) is 0 Å². The van der Waals surface area contributed by atoms with Crippen LogP contribution in [0.1, 0.15) is 10.4 Å². The van der Waals surface area contributed by atoms with Gasteiger partial charge in [0, 0.05) is 46.5 Å². The normalized spacial score (nSPS) is 15.1. The summed E-state index contributed by atoms with van der Waals surface area (Å²) in [6, 6.07) is 3.13. The molecule has 1 fully saturated rings. The monoisotopic (exact) mass is 278 g/mol. The summed E-state index contributed by atoms with van der Waals surface area (Å²) in [6.07, 6.45) is 1.58. The minimum absolute atomic E-state index is 0.0240. The Bertz CT molecular complexity index is 510. The zero-order chi connectivity index (χ0) is 14.7. The van der Waals surface area contributed by atoms with Crippen LogP contribution in [0.3, 0.4) is 0 Å². The van der Waals surface area contributed by atoms with E-state index in [9.17, 15) is 14.7 Å². The highest BCUT2D eigenvalue weighted by molar-refractivity contribution is 5.93. The molecule has 0 radical (unpaired) electrons. The summed E-state index contributed by atoms with van der Waals surface area (Å²) in [4.78, 5) is 32.4. The minimum atomic E-state index is -0.986. The second kappa shape index (κ2) is 5.77. The van der Waals surface area contributed by atoms with Crippen molar-refractivity contribution in [3.63, 3.8) is 0 Å². The van der Waals surface area contributed by atoms with E-state index in [0.29, 0.717) is 32.0 Å². The largest absolute Gasteiger partial charge is 0.478 e. The number of aromatic nitrogens is 1. The van der Waals surface area contributed by atoms with Crippen LogP contribution < -0.4 is 4.90 Å². The molecule has 0 aromatic carbocycles. The zero-order valence-electron chi connectivity index (χ0n) is 11.6. The van der Waals surface area contributed by atoms with Crippen LogP contribution in [0.2, 0.25) is 0 Å². The fraction of sp³-hybridized carbons (Fsp3) is 0.462. The van der Waals surface area contributed by atoms with E-state index in [1.54, 1.807) is 42.2 Å². The molecule has 1 aromatic rings. The van der Waals surface area contributed by atoms with Crippen molar-refractivity contribution in [3.8, 4) is 0 Å². The molecule has 1 aromatic heterocycles. The number of aromatic carboxylic acids is 1. The molecule has 2 rings (SSSR count). The standard InChI is InChI=1S/C13H18N4O3/c1-15(2)13(20)17-8-6-16(7-9-17)11-10(12(18)19)4-3-5-14-11/h3-5H,6-9H2,1-2H3,(H,18,19). The first-order valence-electron chi connectivity index (χ1n) is 6.40. The molecule has 1 saturated heterocycles. The number of hydrogen-bond donors (Lipinski definition) is 1. The smallest absolute Gasteiger partial charge is 0.339 e. The van der Waals surface area contributed by atoms with Gasteiger partial charge in [0.05, 0.1) is 0 Å². The van der Waals surface area contributed by atoms with Gasteiger partial charge in [-0.2, -0.15) is 0 Å². The van der Waals surface area contributed by atoms with Gasteiger partial charge in [-0.15, -0.1) is 0 Å². The maximum atomic E-state index is 11.8. The number of piperazine rings is 1. The molecule has 0 saturated carbocycles. The summed E-state index contributed by atoms with van der Waals surface area (Å²) in [5.41, 5.74) is 0.194. The number of pyridine rings is 1. The van der Waals surface area contributed by atoms with Gasteiger partial charge in [0.1, 0.15) is 11.4 Å². The summed E-state index contributed by atoms with van der Waals surface area (Å²) >= 11 is 0. The molecule has 1 aliphatic rings. The van der Waals surface area contributed by atoms with Crippen molar-refractivity contribution >= 4 is 17.8 Å². The van der Waals surface area contributed by atoms with E-state index in [4.69, 9.17) is 0 Å². The average molecular weight is 278 g/mol. The van der Waals surface area contributed by atoms with Crippen LogP contribution in [0.25, 0.3) is 0 Å². The van der Waals surface area contributed by atoms with Gasteiger partial charge in [-0.3, -0.25) is 0 Å². The quantitative estimate of drug-likeness (QED) is 0.856. The van der Waals surface area contributed by atoms with Gasteiger partial charge in [0.2, 0.25) is 0 Å². The number of nitrogens with zero attached hydrogens (tertiary/aromatic N) is 4. The number of carboxylic acids is 1. The predicted molar refractivity (Wildman–Crippen MR) is 74.1 cm³/mol. The van der Waals surface area contributed by atoms with E-state index < -0.39 is 5.97 Å². The van der Waals surface area contributed by atoms with Gasteiger partial charge in [0.25, 0.3) is 0 Å². The Morgan fingerprint density at radius 1 is 1.25 bits per heavy atom. The summed E-state index contributed by atoms with van der Waals surface area (Å²) in [5.74, 6) is -0.517. The second-order valence-electron chi connectivity index (χ2n) is 4.83. The first-order chi connectivity index (χ1) is 9.50. The van der Waals surface area contributed by atoms with Crippen LogP contribution in [-0.2, 0) is 0 Å². The highest BCUT2D eigenvalue weighted by Gasteiger charge is 2.25. The number of amides is 2. The molecule has 108 valence electrons. The van der Waals surface area contributed by atoms with Crippen LogP contribution in [0.4, 0.5) is 10.6 Å². The number of carbonyl (C=O) groups is 2. The Morgan fingerprint density at radius 3 is 2.45 bits per heavy atom. The summed E-state index contributed by atoms with van der Waals surface area (Å²) < 4.78 is 0. The molecule has 0 bridgehead atoms. The molecule has 2 heterocycles. The first-order valence-corrected chi connectivity index (χ1v) is 6.40. The predicted octanol–water partition coefficient (Wildman–Crippen LogP) is 0.583. The van der Waals surface area contributed by atoms with Crippen molar-refractivity contribution in [1.82, 2.24) is 14.8 Å². The third kappa shape index (κ3) is 2.81. The first kappa shape index (κ1) is 14.1. The molecular weight excluding hydrogens is 260 g/mol. The molecule has 2 amide bonds. The Labute approximate surface area is 117 Å². The molecule has 1 aliphatic heterocycles. The number of anilines is 1. The van der Waals surface area contributed by atoms with Crippen molar-refractivity contribution in [2.75, 3.05) is 45.2 Å². The fourth-order valence-corrected chi connectivity index (χ4v) is 2.21. The van der Waals surface area contributed by atoms with Gasteiger partial charge >= 0.3 is 12.0 Å². The number of carbonyl (C=O) groups excluding carboxylic acids is 1. The summed E-state index contributed by atoms with van der Waals surface area (Å²) in [6.45, 7) is 2.28. The molecule has 0 aliphatic carbocycles. The van der Waals surface area contributed by atoms with E-state index in [1.165, 1.54) is 0 Å². The number of rotatable bonds is 2. The van der Waals surface area contributed by atoms with Crippen molar-refractivity contribution < 1.29 is 14.7 Å². The van der Waals surface area contributed by atoms with E-state index in [2.05, 4.69) is 4.98 Å². The van der Waals surface area contributed by atoms with Crippen LogP contribution in [-0.4, -0.2) is 72.2 Å². The Hall–Kier alpha value is -2.31. The number of hydrogen-bond acceptors (Lipinski definition) is 4. The lowest BCUT2D eigenvalue weighted by atomic mass is 10.2. The van der Waals surface area contributed by atoms with Crippen LogP contribution in [0.5, 0.6) is 0 Å². The topological polar surface area (TPSA) is 77.0 Å². The fourth-order valence-electron chi connectivity index (χ4n) is 2.21. The van der Waals surface area contributed by atoms with E-state index >= 15 is 0 Å². The Morgan fingerprint density at radius 2 is 1.90 bits per heavy atom. The molecule has 0 spiro atoms. The second-order valence-corrected chi connectivity index (χ2v) is 4.83. The third-order valence-electron chi connectivity index (χ3n) is 3.25. The lowest BCUT2D eigenvalue weighted by molar-refractivity contribution is 0.0696. The molecule has 20 heavy (non-hydrogen) atoms. The highest BCUT2D eigenvalue weighted by Crippen LogP contribution is 2.19. The number of urea groups is 1. The lowest BCUT2D eigenvalue weighted by Gasteiger charge is -2.36. The molecule has 0 unspecified atom stereocenters. The maximum absolute atomic E-state index is 11.8. The maximum Gasteiger partial charge on any atom is 0.339 e. The van der Waals surface area contributed by atoms with E-state index in [1.807, 2.05) is 4.90 Å². The van der Waals surface area contributed by atoms with Crippen molar-refractivity contribution in [3.05, 3.63) is 23.9 Å². The number of carboxylic acid groups (broad SMARTS) is 1. The molecule has 0 atom stereocenters. The molecule has 7 heteroatoms. The van der Waals surface area contributed by atoms with E-state index in [0.717, 1.165) is 0 Å². The SMILES string of the molecule is CN(C)C(=O)N1CCN(c2ncccc2C(=O)O)CC1. The summed E-state index contributed by atoms with van der Waals surface area (Å²) in [7, 11) is 3.44. The third-order valence-corrected chi connectivity index (χ3v) is 3.25.